The van der Waals surface area contributed by atoms with E-state index >= 15 is 0 Å². The smallest absolute Gasteiger partial charge is 0.353 e. The second kappa shape index (κ2) is 8.38. The van der Waals surface area contributed by atoms with Gasteiger partial charge in [0, 0.05) is 18.5 Å². The van der Waals surface area contributed by atoms with Crippen molar-refractivity contribution in [2.75, 3.05) is 5.32 Å². The molecular weight excluding hydrogens is 393 g/mol. The van der Waals surface area contributed by atoms with E-state index in [1.807, 2.05) is 24.3 Å². The number of H-pyrrole nitrogens is 1. The minimum atomic E-state index is -4.35. The normalized spacial score (nSPS) is 19.6. The lowest BCUT2D eigenvalue weighted by Crippen LogP contribution is -2.35. The fraction of sp³-hybridized carbons (Fsp3) is 0.364. The van der Waals surface area contributed by atoms with Gasteiger partial charge >= 0.3 is 6.18 Å². The average molecular weight is 416 g/mol. The van der Waals surface area contributed by atoms with E-state index < -0.39 is 11.7 Å². The maximum atomic E-state index is 12.6. The van der Waals surface area contributed by atoms with Crippen LogP contribution < -0.4 is 10.6 Å². The zero-order valence-electron chi connectivity index (χ0n) is 16.3. The first-order chi connectivity index (χ1) is 14.4. The second-order valence-electron chi connectivity index (χ2n) is 7.71. The maximum Gasteiger partial charge on any atom is 0.416 e. The predicted octanol–water partition coefficient (Wildman–Crippen LogP) is 4.87. The van der Waals surface area contributed by atoms with Crippen molar-refractivity contribution in [3.05, 3.63) is 59.7 Å². The van der Waals surface area contributed by atoms with Crippen LogP contribution in [0.5, 0.6) is 0 Å². The van der Waals surface area contributed by atoms with Gasteiger partial charge in [0.15, 0.2) is 0 Å². The Bertz CT molecular complexity index is 972. The van der Waals surface area contributed by atoms with Crippen LogP contribution in [0.1, 0.15) is 36.8 Å². The molecule has 4 rings (SSSR count). The van der Waals surface area contributed by atoms with Crippen molar-refractivity contribution in [2.45, 2.75) is 44.4 Å². The van der Waals surface area contributed by atoms with Gasteiger partial charge in [-0.2, -0.15) is 13.2 Å². The summed E-state index contributed by atoms with van der Waals surface area (Å²) in [5.74, 6) is 0.622. The lowest BCUT2D eigenvalue weighted by Gasteiger charge is -2.28. The number of nitrogens with zero attached hydrogens (tertiary/aromatic N) is 1. The van der Waals surface area contributed by atoms with Crippen LogP contribution in [-0.4, -0.2) is 21.9 Å². The molecule has 0 atom stereocenters. The van der Waals surface area contributed by atoms with Crippen molar-refractivity contribution in [3.8, 4) is 0 Å². The largest absolute Gasteiger partial charge is 0.416 e. The molecule has 0 saturated heterocycles. The Morgan fingerprint density at radius 1 is 1.03 bits per heavy atom. The van der Waals surface area contributed by atoms with Crippen LogP contribution in [0.4, 0.5) is 19.1 Å². The van der Waals surface area contributed by atoms with E-state index in [4.69, 9.17) is 0 Å². The molecule has 3 N–H and O–H groups in total. The van der Waals surface area contributed by atoms with Gasteiger partial charge in [0.2, 0.25) is 11.9 Å². The van der Waals surface area contributed by atoms with E-state index in [-0.39, 0.29) is 24.4 Å². The number of carbonyl (C=O) groups excluding carboxylic acids is 1. The number of rotatable bonds is 5. The van der Waals surface area contributed by atoms with E-state index in [2.05, 4.69) is 20.6 Å². The number of nitrogens with one attached hydrogen (secondary N) is 3. The van der Waals surface area contributed by atoms with Gasteiger partial charge in [-0.1, -0.05) is 24.3 Å². The van der Waals surface area contributed by atoms with Gasteiger partial charge in [-0.25, -0.2) is 4.98 Å². The Balaban J connectivity index is 1.24. The van der Waals surface area contributed by atoms with Crippen molar-refractivity contribution in [1.29, 1.82) is 0 Å². The van der Waals surface area contributed by atoms with Crippen molar-refractivity contribution in [1.82, 2.24) is 15.3 Å². The molecule has 1 heterocycles. The molecule has 2 aromatic carbocycles. The average Bonchev–Trinajstić information content (AvgIpc) is 3.14. The molecule has 30 heavy (non-hydrogen) atoms. The van der Waals surface area contributed by atoms with Crippen LogP contribution in [0.25, 0.3) is 11.0 Å². The van der Waals surface area contributed by atoms with Crippen LogP contribution >= 0.6 is 0 Å². The van der Waals surface area contributed by atoms with Crippen molar-refractivity contribution < 1.29 is 18.0 Å². The predicted molar refractivity (Wildman–Crippen MR) is 109 cm³/mol. The van der Waals surface area contributed by atoms with Crippen LogP contribution in [0.2, 0.25) is 0 Å². The molecule has 1 saturated carbocycles. The van der Waals surface area contributed by atoms with Gasteiger partial charge in [0.25, 0.3) is 0 Å². The monoisotopic (exact) mass is 416 g/mol. The molecule has 0 spiro atoms. The zero-order chi connectivity index (χ0) is 21.1. The second-order valence-corrected chi connectivity index (χ2v) is 7.71. The van der Waals surface area contributed by atoms with Crippen LogP contribution in [0.15, 0.2) is 48.5 Å². The Morgan fingerprint density at radius 3 is 2.40 bits per heavy atom. The van der Waals surface area contributed by atoms with Gasteiger partial charge in [0.1, 0.15) is 0 Å². The van der Waals surface area contributed by atoms with Crippen molar-refractivity contribution >= 4 is 22.9 Å². The van der Waals surface area contributed by atoms with E-state index in [0.29, 0.717) is 5.56 Å². The number of anilines is 1. The van der Waals surface area contributed by atoms with Gasteiger partial charge in [-0.05, 0) is 55.5 Å². The molecule has 5 nitrogen and oxygen atoms in total. The fourth-order valence-corrected chi connectivity index (χ4v) is 3.86. The van der Waals surface area contributed by atoms with E-state index in [1.54, 1.807) is 0 Å². The summed E-state index contributed by atoms with van der Waals surface area (Å²) in [5.41, 5.74) is 1.86. The minimum Gasteiger partial charge on any atom is -0.353 e. The number of halogens is 3. The number of alkyl halides is 3. The quantitative estimate of drug-likeness (QED) is 0.556. The Labute approximate surface area is 172 Å². The number of fused-ring (bicyclic) bond motifs is 1. The van der Waals surface area contributed by atoms with Crippen LogP contribution in [0.3, 0.4) is 0 Å². The summed E-state index contributed by atoms with van der Waals surface area (Å²) in [7, 11) is 0. The van der Waals surface area contributed by atoms with Crippen LogP contribution in [0, 0.1) is 5.92 Å². The molecule has 0 bridgehead atoms. The molecule has 0 radical (unpaired) electrons. The third-order valence-electron chi connectivity index (χ3n) is 5.58. The number of benzene rings is 2. The Morgan fingerprint density at radius 2 is 1.73 bits per heavy atom. The number of aromatic amines is 1. The van der Waals surface area contributed by atoms with Gasteiger partial charge in [0.05, 0.1) is 16.6 Å². The third kappa shape index (κ3) is 4.75. The molecule has 158 valence electrons. The SMILES string of the molecule is O=C(NCc1ccc(C(F)(F)F)cc1)[C@H]1CC[C@H](Nc2nc3ccccc3[nH]2)CC1. The number of hydrogen-bond acceptors (Lipinski definition) is 3. The molecule has 1 fully saturated rings. The number of carbonyl (C=O) groups is 1. The summed E-state index contributed by atoms with van der Waals surface area (Å²) < 4.78 is 37.9. The fourth-order valence-electron chi connectivity index (χ4n) is 3.86. The summed E-state index contributed by atoms with van der Waals surface area (Å²) in [4.78, 5) is 20.2. The summed E-state index contributed by atoms with van der Waals surface area (Å²) in [5, 5.41) is 6.26. The Kier molecular flexibility index (Phi) is 5.65. The molecule has 1 aromatic heterocycles. The topological polar surface area (TPSA) is 69.8 Å². The summed E-state index contributed by atoms with van der Waals surface area (Å²) in [6.45, 7) is 0.230. The van der Waals surface area contributed by atoms with Crippen LogP contribution in [-0.2, 0) is 17.5 Å². The standard InChI is InChI=1S/C22H23F3N4O/c23-22(24,25)16-9-5-14(6-10-16)13-26-20(30)15-7-11-17(12-8-15)27-21-28-18-3-1-2-4-19(18)29-21/h1-6,9-10,15,17H,7-8,11-13H2,(H,26,30)(H2,27,28,29)/t15-,17-. The molecule has 1 amide bonds. The molecule has 3 aromatic rings. The highest BCUT2D eigenvalue weighted by Gasteiger charge is 2.30. The first kappa shape index (κ1) is 20.3. The lowest BCUT2D eigenvalue weighted by atomic mass is 9.85. The number of aromatic nitrogens is 2. The van der Waals surface area contributed by atoms with Gasteiger partial charge in [-0.3, -0.25) is 4.79 Å². The number of hydrogen-bond donors (Lipinski definition) is 3. The van der Waals surface area contributed by atoms with Gasteiger partial charge in [-0.15, -0.1) is 0 Å². The van der Waals surface area contributed by atoms with Crippen molar-refractivity contribution in [2.24, 2.45) is 5.92 Å². The maximum absolute atomic E-state index is 12.6. The molecule has 0 aliphatic heterocycles. The van der Waals surface area contributed by atoms with Gasteiger partial charge < -0.3 is 15.6 Å². The lowest BCUT2D eigenvalue weighted by molar-refractivity contribution is -0.137. The first-order valence-corrected chi connectivity index (χ1v) is 10.0. The highest BCUT2D eigenvalue weighted by atomic mass is 19.4. The molecule has 1 aliphatic carbocycles. The number of amides is 1. The summed E-state index contributed by atoms with van der Waals surface area (Å²) in [6, 6.07) is 13.0. The highest BCUT2D eigenvalue weighted by molar-refractivity contribution is 5.79. The Hall–Kier alpha value is -3.03. The number of para-hydroxylation sites is 2. The van der Waals surface area contributed by atoms with E-state index in [0.717, 1.165) is 54.8 Å². The molecular formula is C22H23F3N4O. The summed E-state index contributed by atoms with van der Waals surface area (Å²) in [6.07, 6.45) is -1.12. The molecule has 8 heteroatoms. The highest BCUT2D eigenvalue weighted by Crippen LogP contribution is 2.29. The molecule has 1 aliphatic rings. The zero-order valence-corrected chi connectivity index (χ0v) is 16.3. The number of imidazole rings is 1. The minimum absolute atomic E-state index is 0.0444. The first-order valence-electron chi connectivity index (χ1n) is 10.0. The summed E-state index contributed by atoms with van der Waals surface area (Å²) >= 11 is 0. The van der Waals surface area contributed by atoms with E-state index in [9.17, 15) is 18.0 Å². The molecule has 0 unspecified atom stereocenters. The van der Waals surface area contributed by atoms with Crippen molar-refractivity contribution in [3.63, 3.8) is 0 Å². The third-order valence-corrected chi connectivity index (χ3v) is 5.58. The van der Waals surface area contributed by atoms with E-state index in [1.165, 1.54) is 12.1 Å².